The van der Waals surface area contributed by atoms with E-state index in [1.807, 2.05) is 0 Å². The summed E-state index contributed by atoms with van der Waals surface area (Å²) in [6.07, 6.45) is 0. The van der Waals surface area contributed by atoms with Gasteiger partial charge in [0.2, 0.25) is 10.0 Å². The highest BCUT2D eigenvalue weighted by Crippen LogP contribution is 2.25. The van der Waals surface area contributed by atoms with E-state index in [0.29, 0.717) is 4.47 Å². The maximum atomic E-state index is 13.6. The van der Waals surface area contributed by atoms with Crippen LogP contribution in [0.2, 0.25) is 0 Å². The zero-order valence-electron chi connectivity index (χ0n) is 10.5. The summed E-state index contributed by atoms with van der Waals surface area (Å²) in [6, 6.07) is 7.27. The van der Waals surface area contributed by atoms with Crippen LogP contribution in [0.25, 0.3) is 0 Å². The van der Waals surface area contributed by atoms with Gasteiger partial charge in [0.1, 0.15) is 28.9 Å². The van der Waals surface area contributed by atoms with Crippen molar-refractivity contribution >= 4 is 26.0 Å². The molecular weight excluding hydrogens is 368 g/mol. The summed E-state index contributed by atoms with van der Waals surface area (Å²) in [5, 5.41) is 4.99. The molecule has 0 heterocycles. The Hall–Kier alpha value is -1.51. The Kier molecular flexibility index (Phi) is 4.60. The Balaban J connectivity index is 2.28. The first kappa shape index (κ1) is 15.9. The zero-order valence-corrected chi connectivity index (χ0v) is 12.9. The molecule has 0 spiro atoms. The number of ether oxygens (including phenoxy) is 1. The molecule has 2 aromatic rings. The minimum Gasteiger partial charge on any atom is -0.487 e. The molecule has 0 radical (unpaired) electrons. The Bertz CT molecular complexity index is 781. The van der Waals surface area contributed by atoms with Gasteiger partial charge in [-0.05, 0) is 30.3 Å². The third-order valence-corrected chi connectivity index (χ3v) is 4.04. The monoisotopic (exact) mass is 377 g/mol. The summed E-state index contributed by atoms with van der Waals surface area (Å²) in [6.45, 7) is -0.215. The molecule has 2 rings (SSSR count). The first-order valence-electron chi connectivity index (χ1n) is 5.66. The number of sulfonamides is 1. The largest absolute Gasteiger partial charge is 0.487 e. The van der Waals surface area contributed by atoms with Gasteiger partial charge in [-0.25, -0.2) is 22.3 Å². The third kappa shape index (κ3) is 3.99. The molecule has 112 valence electrons. The van der Waals surface area contributed by atoms with Crippen LogP contribution in [-0.4, -0.2) is 8.42 Å². The molecule has 0 amide bonds. The van der Waals surface area contributed by atoms with Crippen LogP contribution in [0.1, 0.15) is 5.56 Å². The molecule has 21 heavy (non-hydrogen) atoms. The second-order valence-corrected chi connectivity index (χ2v) is 6.61. The standard InChI is InChI=1S/C13H10BrF2NO3S/c14-9-2-1-8(11(16)5-9)7-20-12-4-3-10(15)6-13(12)21(17,18)19/h1-6H,7H2,(H2,17,18,19). The van der Waals surface area contributed by atoms with Crippen molar-refractivity contribution in [2.45, 2.75) is 11.5 Å². The summed E-state index contributed by atoms with van der Waals surface area (Å²) >= 11 is 3.12. The van der Waals surface area contributed by atoms with Crippen molar-refractivity contribution in [3.63, 3.8) is 0 Å². The predicted molar refractivity (Wildman–Crippen MR) is 76.2 cm³/mol. The van der Waals surface area contributed by atoms with Gasteiger partial charge in [0.15, 0.2) is 0 Å². The zero-order chi connectivity index (χ0) is 15.6. The molecule has 0 aliphatic rings. The van der Waals surface area contributed by atoms with E-state index in [0.717, 1.165) is 18.2 Å². The molecule has 0 aliphatic carbocycles. The summed E-state index contributed by atoms with van der Waals surface area (Å²) in [5.74, 6) is -1.41. The summed E-state index contributed by atoms with van der Waals surface area (Å²) < 4.78 is 55.3. The number of nitrogens with two attached hydrogens (primary N) is 1. The molecule has 2 aromatic carbocycles. The van der Waals surface area contributed by atoms with Crippen molar-refractivity contribution in [1.29, 1.82) is 0 Å². The van der Waals surface area contributed by atoms with Crippen LogP contribution in [0.15, 0.2) is 45.8 Å². The Morgan fingerprint density at radius 1 is 1.14 bits per heavy atom. The van der Waals surface area contributed by atoms with Gasteiger partial charge in [0.05, 0.1) is 0 Å². The highest BCUT2D eigenvalue weighted by atomic mass is 79.9. The quantitative estimate of drug-likeness (QED) is 0.890. The fourth-order valence-corrected chi connectivity index (χ4v) is 2.64. The lowest BCUT2D eigenvalue weighted by Crippen LogP contribution is -2.14. The van der Waals surface area contributed by atoms with Gasteiger partial charge in [-0.15, -0.1) is 0 Å². The molecule has 4 nitrogen and oxygen atoms in total. The average Bonchev–Trinajstić information content (AvgIpc) is 2.38. The van der Waals surface area contributed by atoms with Crippen molar-refractivity contribution in [1.82, 2.24) is 0 Å². The molecule has 0 aliphatic heterocycles. The van der Waals surface area contributed by atoms with Crippen molar-refractivity contribution in [2.24, 2.45) is 5.14 Å². The van der Waals surface area contributed by atoms with E-state index in [4.69, 9.17) is 9.88 Å². The highest BCUT2D eigenvalue weighted by Gasteiger charge is 2.17. The van der Waals surface area contributed by atoms with Crippen molar-refractivity contribution < 1.29 is 21.9 Å². The van der Waals surface area contributed by atoms with Gasteiger partial charge in [0, 0.05) is 10.0 Å². The van der Waals surface area contributed by atoms with E-state index >= 15 is 0 Å². The lowest BCUT2D eigenvalue weighted by molar-refractivity contribution is 0.291. The van der Waals surface area contributed by atoms with Crippen LogP contribution in [0.3, 0.4) is 0 Å². The summed E-state index contributed by atoms with van der Waals surface area (Å²) in [5.41, 5.74) is 0.225. The van der Waals surface area contributed by atoms with E-state index in [-0.39, 0.29) is 17.9 Å². The fourth-order valence-electron chi connectivity index (χ4n) is 1.62. The topological polar surface area (TPSA) is 69.4 Å². The molecule has 0 bridgehead atoms. The van der Waals surface area contributed by atoms with Crippen molar-refractivity contribution in [2.75, 3.05) is 0 Å². The molecular formula is C13H10BrF2NO3S. The van der Waals surface area contributed by atoms with Crippen LogP contribution in [0, 0.1) is 11.6 Å². The number of hydrogen-bond donors (Lipinski definition) is 1. The summed E-state index contributed by atoms with van der Waals surface area (Å²) in [4.78, 5) is -0.486. The van der Waals surface area contributed by atoms with Crippen LogP contribution >= 0.6 is 15.9 Å². The van der Waals surface area contributed by atoms with Gasteiger partial charge < -0.3 is 4.74 Å². The summed E-state index contributed by atoms with van der Waals surface area (Å²) in [7, 11) is -4.14. The van der Waals surface area contributed by atoms with Gasteiger partial charge in [-0.1, -0.05) is 22.0 Å². The van der Waals surface area contributed by atoms with Gasteiger partial charge in [-0.2, -0.15) is 0 Å². The smallest absolute Gasteiger partial charge is 0.241 e. The van der Waals surface area contributed by atoms with E-state index in [1.165, 1.54) is 12.1 Å². The Labute approximate surface area is 128 Å². The molecule has 0 atom stereocenters. The fraction of sp³-hybridized carbons (Fsp3) is 0.0769. The molecule has 8 heteroatoms. The van der Waals surface area contributed by atoms with Crippen LogP contribution in [0.5, 0.6) is 5.75 Å². The lowest BCUT2D eigenvalue weighted by Gasteiger charge is -2.11. The van der Waals surface area contributed by atoms with Gasteiger partial charge in [0.25, 0.3) is 0 Å². The molecule has 0 unspecified atom stereocenters. The van der Waals surface area contributed by atoms with Gasteiger partial charge >= 0.3 is 0 Å². The number of benzene rings is 2. The lowest BCUT2D eigenvalue weighted by atomic mass is 10.2. The number of halogens is 3. The van der Waals surface area contributed by atoms with E-state index < -0.39 is 26.6 Å². The Morgan fingerprint density at radius 2 is 1.86 bits per heavy atom. The first-order valence-corrected chi connectivity index (χ1v) is 8.00. The SMILES string of the molecule is NS(=O)(=O)c1cc(F)ccc1OCc1ccc(Br)cc1F. The van der Waals surface area contributed by atoms with E-state index in [2.05, 4.69) is 15.9 Å². The highest BCUT2D eigenvalue weighted by molar-refractivity contribution is 9.10. The molecule has 2 N–H and O–H groups in total. The van der Waals surface area contributed by atoms with E-state index in [1.54, 1.807) is 6.07 Å². The Morgan fingerprint density at radius 3 is 2.48 bits per heavy atom. The minimum atomic E-state index is -4.14. The second-order valence-electron chi connectivity index (χ2n) is 4.16. The minimum absolute atomic E-state index is 0.138. The second kappa shape index (κ2) is 6.08. The van der Waals surface area contributed by atoms with E-state index in [9.17, 15) is 17.2 Å². The van der Waals surface area contributed by atoms with Gasteiger partial charge in [-0.3, -0.25) is 0 Å². The maximum absolute atomic E-state index is 13.6. The van der Waals surface area contributed by atoms with Crippen molar-refractivity contribution in [3.8, 4) is 5.75 Å². The van der Waals surface area contributed by atoms with Crippen LogP contribution in [-0.2, 0) is 16.6 Å². The number of rotatable bonds is 4. The van der Waals surface area contributed by atoms with Crippen LogP contribution < -0.4 is 9.88 Å². The maximum Gasteiger partial charge on any atom is 0.241 e. The average molecular weight is 378 g/mol. The number of hydrogen-bond acceptors (Lipinski definition) is 3. The molecule has 0 saturated carbocycles. The van der Waals surface area contributed by atoms with Crippen molar-refractivity contribution in [3.05, 3.63) is 58.1 Å². The third-order valence-electron chi connectivity index (χ3n) is 2.61. The molecule has 0 saturated heterocycles. The van der Waals surface area contributed by atoms with Crippen LogP contribution in [0.4, 0.5) is 8.78 Å². The predicted octanol–water partition coefficient (Wildman–Crippen LogP) is 2.95. The normalized spacial score (nSPS) is 11.4. The first-order chi connectivity index (χ1) is 9.77. The molecule has 0 aromatic heterocycles. The molecule has 0 fully saturated rings. The number of primary sulfonamides is 1.